The Bertz CT molecular complexity index is 2040. The molecule has 5 aliphatic heterocycles. The Labute approximate surface area is 305 Å². The van der Waals surface area contributed by atoms with Gasteiger partial charge in [0.15, 0.2) is 5.60 Å². The van der Waals surface area contributed by atoms with Crippen LogP contribution < -0.4 is 9.64 Å². The van der Waals surface area contributed by atoms with Gasteiger partial charge in [0.2, 0.25) is 0 Å². The number of aliphatic hydroxyl groups is 1. The number of hydrogen-bond donors (Lipinski definition) is 2. The number of methoxy groups -OCH3 is 3. The SMILES string of the molecule is CCC1=C[C@@H]2CN(CCc3c([nH]c4ccccc34)[C@@](C(=O)OC)(c3cc4c(cc3OC)N(C)[C@@H]3[C@]45CCN4CC=C[C@@H](C[C@]3(O)C(=O)OC)[C@H]45)C2)C1. The number of likely N-dealkylation sites (N-methyl/N-ethyl adjacent to an activating group) is 1. The van der Waals surface area contributed by atoms with Gasteiger partial charge in [-0.3, -0.25) is 14.6 Å². The Balaban J connectivity index is 1.35. The zero-order valence-corrected chi connectivity index (χ0v) is 30.9. The van der Waals surface area contributed by atoms with Crippen LogP contribution in [-0.2, 0) is 36.3 Å². The highest BCUT2D eigenvalue weighted by molar-refractivity contribution is 5.94. The minimum absolute atomic E-state index is 0.0490. The first-order valence-corrected chi connectivity index (χ1v) is 18.9. The minimum Gasteiger partial charge on any atom is -0.496 e. The van der Waals surface area contributed by atoms with Crippen LogP contribution in [0.4, 0.5) is 5.69 Å². The Kier molecular flexibility index (Phi) is 7.74. The zero-order chi connectivity index (χ0) is 36.2. The highest BCUT2D eigenvalue weighted by Crippen LogP contribution is 2.64. The molecule has 52 heavy (non-hydrogen) atoms. The lowest BCUT2D eigenvalue weighted by molar-refractivity contribution is -0.174. The van der Waals surface area contributed by atoms with E-state index in [-0.39, 0.29) is 30.3 Å². The number of H-pyrrole nitrogens is 1. The molecular formula is C42H50N4O6. The third kappa shape index (κ3) is 4.34. The molecule has 10 nitrogen and oxygen atoms in total. The number of fused-ring (bicyclic) bond motifs is 6. The van der Waals surface area contributed by atoms with Crippen molar-refractivity contribution < 1.29 is 28.9 Å². The van der Waals surface area contributed by atoms with Gasteiger partial charge in [0.25, 0.3) is 0 Å². The number of aromatic amines is 1. The van der Waals surface area contributed by atoms with Crippen molar-refractivity contribution in [2.75, 3.05) is 66.0 Å². The van der Waals surface area contributed by atoms with E-state index in [1.807, 2.05) is 19.2 Å². The van der Waals surface area contributed by atoms with E-state index >= 15 is 4.79 Å². The fourth-order valence-electron chi connectivity index (χ4n) is 12.0. The number of para-hydroxylation sites is 1. The van der Waals surface area contributed by atoms with Gasteiger partial charge in [0.05, 0.1) is 27.4 Å². The maximum absolute atomic E-state index is 15.1. The lowest BCUT2D eigenvalue weighted by atomic mass is 9.55. The van der Waals surface area contributed by atoms with Gasteiger partial charge in [-0.2, -0.15) is 0 Å². The van der Waals surface area contributed by atoms with E-state index in [2.05, 4.69) is 69.1 Å². The number of carbonyl (C=O) groups excluding carboxylic acids is 2. The summed E-state index contributed by atoms with van der Waals surface area (Å²) in [4.78, 5) is 39.8. The van der Waals surface area contributed by atoms with E-state index in [1.165, 1.54) is 19.8 Å². The number of esters is 2. The van der Waals surface area contributed by atoms with Gasteiger partial charge in [-0.25, -0.2) is 4.79 Å². The summed E-state index contributed by atoms with van der Waals surface area (Å²) in [6.07, 6.45) is 10.0. The minimum atomic E-state index is -1.75. The highest BCUT2D eigenvalue weighted by Gasteiger charge is 2.72. The molecule has 1 spiro atoms. The van der Waals surface area contributed by atoms with E-state index in [9.17, 15) is 9.90 Å². The molecule has 3 aromatic rings. The van der Waals surface area contributed by atoms with Gasteiger partial charge < -0.3 is 29.2 Å². The molecule has 2 fully saturated rings. The molecule has 1 aromatic heterocycles. The summed E-state index contributed by atoms with van der Waals surface area (Å²) in [6, 6.07) is 12.1. The van der Waals surface area contributed by atoms with E-state index < -0.39 is 28.4 Å². The number of ether oxygens (including phenoxy) is 3. The molecular weight excluding hydrogens is 656 g/mol. The maximum Gasteiger partial charge on any atom is 0.340 e. The Hall–Kier alpha value is -4.12. The highest BCUT2D eigenvalue weighted by atomic mass is 16.5. The molecule has 1 aliphatic carbocycles. The van der Waals surface area contributed by atoms with Crippen molar-refractivity contribution >= 4 is 28.5 Å². The second kappa shape index (κ2) is 11.9. The van der Waals surface area contributed by atoms with Crippen LogP contribution >= 0.6 is 0 Å². The summed E-state index contributed by atoms with van der Waals surface area (Å²) in [7, 11) is 6.50. The summed E-state index contributed by atoms with van der Waals surface area (Å²) < 4.78 is 17.6. The van der Waals surface area contributed by atoms with Crippen molar-refractivity contribution in [1.82, 2.24) is 14.8 Å². The number of rotatable bonds is 5. The van der Waals surface area contributed by atoms with Crippen LogP contribution in [0.25, 0.3) is 10.9 Å². The smallest absolute Gasteiger partial charge is 0.340 e. The van der Waals surface area contributed by atoms with Crippen LogP contribution in [0.3, 0.4) is 0 Å². The molecule has 6 heterocycles. The van der Waals surface area contributed by atoms with Crippen LogP contribution in [0.1, 0.15) is 55.0 Å². The summed E-state index contributed by atoms with van der Waals surface area (Å²) in [6.45, 7) is 6.54. The third-order valence-corrected chi connectivity index (χ3v) is 13.8. The Morgan fingerprint density at radius 1 is 1.04 bits per heavy atom. The molecule has 0 radical (unpaired) electrons. The van der Waals surface area contributed by atoms with Crippen molar-refractivity contribution in [2.45, 2.75) is 67.5 Å². The van der Waals surface area contributed by atoms with Crippen molar-refractivity contribution in [1.29, 1.82) is 0 Å². The molecule has 1 saturated carbocycles. The van der Waals surface area contributed by atoms with E-state index in [4.69, 9.17) is 14.2 Å². The largest absolute Gasteiger partial charge is 0.496 e. The van der Waals surface area contributed by atoms with E-state index in [0.29, 0.717) is 12.2 Å². The molecule has 2 N–H and O–H groups in total. The summed E-state index contributed by atoms with van der Waals surface area (Å²) >= 11 is 0. The number of benzene rings is 2. The first-order valence-electron chi connectivity index (χ1n) is 18.9. The molecule has 1 saturated heterocycles. The maximum atomic E-state index is 15.1. The fourth-order valence-corrected chi connectivity index (χ4v) is 12.0. The van der Waals surface area contributed by atoms with E-state index in [0.717, 1.165) is 91.0 Å². The summed E-state index contributed by atoms with van der Waals surface area (Å²) in [5, 5.41) is 13.7. The molecule has 2 aromatic carbocycles. The molecule has 0 amide bonds. The monoisotopic (exact) mass is 706 g/mol. The van der Waals surface area contributed by atoms with Crippen molar-refractivity contribution in [2.24, 2.45) is 11.8 Å². The molecule has 10 heteroatoms. The average molecular weight is 707 g/mol. The first kappa shape index (κ1) is 33.7. The van der Waals surface area contributed by atoms with Gasteiger partial charge >= 0.3 is 11.9 Å². The first-order chi connectivity index (χ1) is 25.1. The van der Waals surface area contributed by atoms with Crippen LogP contribution in [0.15, 0.2) is 60.2 Å². The quantitative estimate of drug-likeness (QED) is 0.294. The van der Waals surface area contributed by atoms with E-state index in [1.54, 1.807) is 7.11 Å². The number of carbonyl (C=O) groups is 2. The lowest BCUT2D eigenvalue weighted by Crippen LogP contribution is -2.71. The van der Waals surface area contributed by atoms with Crippen LogP contribution in [0.5, 0.6) is 5.75 Å². The van der Waals surface area contributed by atoms with Gasteiger partial charge in [-0.05, 0) is 73.7 Å². The van der Waals surface area contributed by atoms with Crippen molar-refractivity contribution in [3.05, 3.63) is 82.6 Å². The molecule has 2 bridgehead atoms. The lowest BCUT2D eigenvalue weighted by Gasteiger charge is -2.55. The topological polar surface area (TPSA) is 108 Å². The van der Waals surface area contributed by atoms with Crippen molar-refractivity contribution in [3.63, 3.8) is 0 Å². The molecule has 274 valence electrons. The van der Waals surface area contributed by atoms with Gasteiger partial charge in [0.1, 0.15) is 11.2 Å². The van der Waals surface area contributed by atoms with Crippen molar-refractivity contribution in [3.8, 4) is 5.75 Å². The second-order valence-corrected chi connectivity index (χ2v) is 16.1. The standard InChI is InChI=1S/C42H50N4O6/c1-6-25-18-26-21-41(38(47)51-4,35-29(13-16-45(23-25)24-26)28-11-7-8-12-32(28)43-35)31-19-30-33(20-34(31)50-3)44(2)37-40(30)14-17-46-15-9-10-27(36(40)46)22-42(37,49)39(48)52-5/h7-12,18-20,26-27,36-37,43,49H,6,13-17,21-24H2,1-5H3/t26-,27-,36-,37+,40+,41-,42+/m0/s1. The average Bonchev–Trinajstić information content (AvgIpc) is 3.82. The molecule has 8 atom stereocenters. The van der Waals surface area contributed by atoms with Gasteiger partial charge in [-0.15, -0.1) is 0 Å². The van der Waals surface area contributed by atoms with Crippen LogP contribution in [0, 0.1) is 11.8 Å². The number of aromatic nitrogens is 1. The zero-order valence-electron chi connectivity index (χ0n) is 30.9. The fraction of sp³-hybridized carbons (Fsp3) is 0.524. The van der Waals surface area contributed by atoms with Crippen LogP contribution in [-0.4, -0.2) is 111 Å². The number of hydrogen-bond acceptors (Lipinski definition) is 9. The second-order valence-electron chi connectivity index (χ2n) is 16.1. The number of nitrogens with one attached hydrogen (secondary N) is 1. The number of nitrogens with zero attached hydrogens (tertiary/aromatic N) is 3. The normalized spacial score (nSPS) is 34.6. The summed E-state index contributed by atoms with van der Waals surface area (Å²) in [5.74, 6) is -0.317. The van der Waals surface area contributed by atoms with Crippen LogP contribution in [0.2, 0.25) is 0 Å². The van der Waals surface area contributed by atoms with Gasteiger partial charge in [-0.1, -0.05) is 48.9 Å². The number of anilines is 1. The molecule has 9 rings (SSSR count). The van der Waals surface area contributed by atoms with Gasteiger partial charge in [0, 0.05) is 78.6 Å². The molecule has 1 unspecified atom stereocenters. The predicted molar refractivity (Wildman–Crippen MR) is 199 cm³/mol. The Morgan fingerprint density at radius 3 is 2.62 bits per heavy atom. The third-order valence-electron chi connectivity index (χ3n) is 13.8. The summed E-state index contributed by atoms with van der Waals surface area (Å²) in [5.41, 5.74) is 3.47. The Morgan fingerprint density at radius 2 is 1.85 bits per heavy atom. The predicted octanol–water partition coefficient (Wildman–Crippen LogP) is 4.47. The molecule has 6 aliphatic rings.